The molecule has 0 aromatic carbocycles. The van der Waals surface area contributed by atoms with Gasteiger partial charge in [-0.05, 0) is 57.9 Å². The molecule has 17 heavy (non-hydrogen) atoms. The smallest absolute Gasteiger partial charge is 0.306 e. The number of aliphatic carboxylic acids is 1. The number of rotatable bonds is 2. The molecule has 3 heteroatoms. The second-order valence-electron chi connectivity index (χ2n) is 6.06. The summed E-state index contributed by atoms with van der Waals surface area (Å²) in [6.45, 7) is 5.53. The highest BCUT2D eigenvalue weighted by Crippen LogP contribution is 2.32. The van der Waals surface area contributed by atoms with Crippen LogP contribution in [-0.2, 0) is 4.79 Å². The van der Waals surface area contributed by atoms with Crippen LogP contribution in [0, 0.1) is 11.8 Å². The maximum Gasteiger partial charge on any atom is 0.306 e. The van der Waals surface area contributed by atoms with Crippen LogP contribution in [-0.4, -0.2) is 34.6 Å². The standard InChI is InChI=1S/C14H25NO2/c1-10-3-5-13(6-4-10)15-8-7-12(14(16)17)9-11(15)2/h10-13H,3-9H2,1-2H3,(H,16,17). The molecular formula is C14H25NO2. The molecule has 98 valence electrons. The summed E-state index contributed by atoms with van der Waals surface area (Å²) < 4.78 is 0. The van der Waals surface area contributed by atoms with Crippen molar-refractivity contribution in [1.29, 1.82) is 0 Å². The molecular weight excluding hydrogens is 214 g/mol. The Morgan fingerprint density at radius 3 is 2.29 bits per heavy atom. The minimum atomic E-state index is -0.603. The Morgan fingerprint density at radius 2 is 1.76 bits per heavy atom. The Labute approximate surface area is 104 Å². The van der Waals surface area contributed by atoms with Crippen LogP contribution in [0.2, 0.25) is 0 Å². The molecule has 2 aliphatic rings. The average Bonchev–Trinajstić information content (AvgIpc) is 2.30. The fraction of sp³-hybridized carbons (Fsp3) is 0.929. The van der Waals surface area contributed by atoms with Crippen molar-refractivity contribution in [2.75, 3.05) is 6.54 Å². The van der Waals surface area contributed by atoms with Crippen molar-refractivity contribution in [2.24, 2.45) is 11.8 Å². The van der Waals surface area contributed by atoms with Gasteiger partial charge in [-0.1, -0.05) is 6.92 Å². The van der Waals surface area contributed by atoms with Gasteiger partial charge in [0.25, 0.3) is 0 Å². The average molecular weight is 239 g/mol. The molecule has 2 atom stereocenters. The summed E-state index contributed by atoms with van der Waals surface area (Å²) in [5, 5.41) is 9.07. The summed E-state index contributed by atoms with van der Waals surface area (Å²) in [4.78, 5) is 13.6. The van der Waals surface area contributed by atoms with Gasteiger partial charge in [-0.25, -0.2) is 0 Å². The van der Waals surface area contributed by atoms with Gasteiger partial charge in [0.15, 0.2) is 0 Å². The van der Waals surface area contributed by atoms with Gasteiger partial charge < -0.3 is 5.11 Å². The lowest BCUT2D eigenvalue weighted by Crippen LogP contribution is -2.49. The third-order valence-corrected chi connectivity index (χ3v) is 4.73. The van der Waals surface area contributed by atoms with E-state index in [-0.39, 0.29) is 5.92 Å². The van der Waals surface area contributed by atoms with Crippen molar-refractivity contribution >= 4 is 5.97 Å². The van der Waals surface area contributed by atoms with Gasteiger partial charge in [-0.3, -0.25) is 9.69 Å². The predicted molar refractivity (Wildman–Crippen MR) is 67.9 cm³/mol. The number of carboxylic acids is 1. The van der Waals surface area contributed by atoms with Gasteiger partial charge in [0, 0.05) is 12.1 Å². The SMILES string of the molecule is CC1CCC(N2CCC(C(=O)O)CC2C)CC1. The van der Waals surface area contributed by atoms with Gasteiger partial charge in [0.05, 0.1) is 5.92 Å². The molecule has 1 saturated carbocycles. The first kappa shape index (κ1) is 12.9. The van der Waals surface area contributed by atoms with Crippen molar-refractivity contribution in [3.05, 3.63) is 0 Å². The summed E-state index contributed by atoms with van der Waals surface area (Å²) in [6, 6.07) is 1.17. The number of likely N-dealkylation sites (tertiary alicyclic amines) is 1. The summed E-state index contributed by atoms with van der Waals surface area (Å²) >= 11 is 0. The van der Waals surface area contributed by atoms with Crippen LogP contribution < -0.4 is 0 Å². The molecule has 1 aliphatic heterocycles. The maximum absolute atomic E-state index is 11.0. The summed E-state index contributed by atoms with van der Waals surface area (Å²) in [5.74, 6) is 0.177. The maximum atomic E-state index is 11.0. The van der Waals surface area contributed by atoms with Crippen molar-refractivity contribution in [2.45, 2.75) is 64.5 Å². The van der Waals surface area contributed by atoms with Crippen LogP contribution >= 0.6 is 0 Å². The molecule has 1 aliphatic carbocycles. The molecule has 0 amide bonds. The topological polar surface area (TPSA) is 40.5 Å². The molecule has 1 saturated heterocycles. The Hall–Kier alpha value is -0.570. The quantitative estimate of drug-likeness (QED) is 0.805. The first-order valence-electron chi connectivity index (χ1n) is 7.06. The minimum Gasteiger partial charge on any atom is -0.481 e. The molecule has 0 bridgehead atoms. The van der Waals surface area contributed by atoms with E-state index in [1.54, 1.807) is 0 Å². The van der Waals surface area contributed by atoms with Gasteiger partial charge in [0.1, 0.15) is 0 Å². The monoisotopic (exact) mass is 239 g/mol. The second-order valence-corrected chi connectivity index (χ2v) is 6.06. The Balaban J connectivity index is 1.88. The second kappa shape index (κ2) is 5.38. The van der Waals surface area contributed by atoms with E-state index in [9.17, 15) is 4.79 Å². The van der Waals surface area contributed by atoms with E-state index in [1.165, 1.54) is 25.7 Å². The molecule has 2 fully saturated rings. The zero-order chi connectivity index (χ0) is 12.4. The number of hydrogen-bond acceptors (Lipinski definition) is 2. The normalized spacial score (nSPS) is 40.1. The summed E-state index contributed by atoms with van der Waals surface area (Å²) in [5.41, 5.74) is 0. The first-order chi connectivity index (χ1) is 8.08. The van der Waals surface area contributed by atoms with E-state index in [2.05, 4.69) is 18.7 Å². The zero-order valence-electron chi connectivity index (χ0n) is 11.1. The van der Waals surface area contributed by atoms with Crippen LogP contribution in [0.5, 0.6) is 0 Å². The molecule has 3 nitrogen and oxygen atoms in total. The predicted octanol–water partition coefficient (Wildman–Crippen LogP) is 2.75. The Bertz CT molecular complexity index is 271. The van der Waals surface area contributed by atoms with Crippen molar-refractivity contribution < 1.29 is 9.90 Å². The zero-order valence-corrected chi connectivity index (χ0v) is 11.1. The van der Waals surface area contributed by atoms with E-state index < -0.39 is 5.97 Å². The number of nitrogens with zero attached hydrogens (tertiary/aromatic N) is 1. The Morgan fingerprint density at radius 1 is 1.12 bits per heavy atom. The lowest BCUT2D eigenvalue weighted by Gasteiger charge is -2.43. The van der Waals surface area contributed by atoms with Crippen LogP contribution in [0.25, 0.3) is 0 Å². The third kappa shape index (κ3) is 3.01. The van der Waals surface area contributed by atoms with Crippen molar-refractivity contribution in [1.82, 2.24) is 4.90 Å². The molecule has 2 rings (SSSR count). The lowest BCUT2D eigenvalue weighted by molar-refractivity contribution is -0.144. The van der Waals surface area contributed by atoms with Crippen molar-refractivity contribution in [3.8, 4) is 0 Å². The molecule has 1 heterocycles. The molecule has 0 aromatic heterocycles. The highest BCUT2D eigenvalue weighted by molar-refractivity contribution is 5.70. The fourth-order valence-corrected chi connectivity index (χ4v) is 3.53. The van der Waals surface area contributed by atoms with Gasteiger partial charge in [-0.15, -0.1) is 0 Å². The third-order valence-electron chi connectivity index (χ3n) is 4.73. The van der Waals surface area contributed by atoms with Gasteiger partial charge in [0.2, 0.25) is 0 Å². The minimum absolute atomic E-state index is 0.108. The largest absolute Gasteiger partial charge is 0.481 e. The fourth-order valence-electron chi connectivity index (χ4n) is 3.53. The molecule has 1 N–H and O–H groups in total. The lowest BCUT2D eigenvalue weighted by atomic mass is 9.83. The number of carbonyl (C=O) groups is 1. The van der Waals surface area contributed by atoms with Gasteiger partial charge >= 0.3 is 5.97 Å². The van der Waals surface area contributed by atoms with Crippen LogP contribution in [0.15, 0.2) is 0 Å². The molecule has 0 aromatic rings. The number of piperidine rings is 1. The van der Waals surface area contributed by atoms with Gasteiger partial charge in [-0.2, -0.15) is 0 Å². The van der Waals surface area contributed by atoms with Crippen LogP contribution in [0.1, 0.15) is 52.4 Å². The van der Waals surface area contributed by atoms with E-state index in [0.29, 0.717) is 6.04 Å². The van der Waals surface area contributed by atoms with E-state index in [1.807, 2.05) is 0 Å². The highest BCUT2D eigenvalue weighted by atomic mass is 16.4. The van der Waals surface area contributed by atoms with E-state index in [0.717, 1.165) is 31.3 Å². The molecule has 0 spiro atoms. The van der Waals surface area contributed by atoms with E-state index in [4.69, 9.17) is 5.11 Å². The van der Waals surface area contributed by atoms with Crippen LogP contribution in [0.3, 0.4) is 0 Å². The molecule has 0 radical (unpaired) electrons. The Kier molecular flexibility index (Phi) is 4.08. The number of hydrogen-bond donors (Lipinski definition) is 1. The molecule has 2 unspecified atom stereocenters. The van der Waals surface area contributed by atoms with Crippen LogP contribution in [0.4, 0.5) is 0 Å². The summed E-state index contributed by atoms with van der Waals surface area (Å²) in [7, 11) is 0. The van der Waals surface area contributed by atoms with E-state index >= 15 is 0 Å². The first-order valence-corrected chi connectivity index (χ1v) is 7.06. The van der Waals surface area contributed by atoms with Crippen molar-refractivity contribution in [3.63, 3.8) is 0 Å². The summed E-state index contributed by atoms with van der Waals surface area (Å²) in [6.07, 6.45) is 6.98. The number of carboxylic acid groups (broad SMARTS) is 1. The highest BCUT2D eigenvalue weighted by Gasteiger charge is 2.34.